The standard InChI is InChI=1S/C19H24N6O/c1-3-25-10-11-26-16(18(25)19-20-8-9-24(19)2)12-22-17-13-21-14-6-4-5-7-15(14)23-17/h4-9,13,16,18H,3,10-12H2,1-2H3,(H,22,23)/t16-,18+/m0/s1. The van der Waals surface area contributed by atoms with E-state index in [-0.39, 0.29) is 12.1 Å². The van der Waals surface area contributed by atoms with Crippen LogP contribution in [0.3, 0.4) is 0 Å². The first kappa shape index (κ1) is 16.9. The molecule has 0 unspecified atom stereocenters. The van der Waals surface area contributed by atoms with Gasteiger partial charge in [-0.05, 0) is 18.7 Å². The molecule has 3 heterocycles. The van der Waals surface area contributed by atoms with E-state index in [0.29, 0.717) is 6.54 Å². The van der Waals surface area contributed by atoms with Crippen LogP contribution in [0.15, 0.2) is 42.9 Å². The molecule has 1 aromatic carbocycles. The highest BCUT2D eigenvalue weighted by Gasteiger charge is 2.35. The topological polar surface area (TPSA) is 68.1 Å². The number of ether oxygens (including phenoxy) is 1. The van der Waals surface area contributed by atoms with Crippen molar-refractivity contribution in [3.8, 4) is 0 Å². The van der Waals surface area contributed by atoms with E-state index in [1.165, 1.54) is 0 Å². The van der Waals surface area contributed by atoms with E-state index < -0.39 is 0 Å². The van der Waals surface area contributed by atoms with E-state index in [1.807, 2.05) is 43.7 Å². The number of anilines is 1. The van der Waals surface area contributed by atoms with Crippen molar-refractivity contribution in [2.75, 3.05) is 31.6 Å². The molecule has 0 radical (unpaired) electrons. The monoisotopic (exact) mass is 352 g/mol. The van der Waals surface area contributed by atoms with Gasteiger partial charge in [0.15, 0.2) is 0 Å². The third kappa shape index (κ3) is 3.27. The number of rotatable bonds is 5. The maximum Gasteiger partial charge on any atom is 0.145 e. The first-order chi connectivity index (χ1) is 12.8. The fraction of sp³-hybridized carbons (Fsp3) is 0.421. The Hall–Kier alpha value is -2.51. The van der Waals surface area contributed by atoms with Crippen molar-refractivity contribution >= 4 is 16.9 Å². The number of imidazole rings is 1. The number of benzene rings is 1. The molecule has 0 saturated carbocycles. The van der Waals surface area contributed by atoms with Gasteiger partial charge in [0.2, 0.25) is 0 Å². The molecule has 7 heteroatoms. The molecule has 3 aromatic rings. The first-order valence-electron chi connectivity index (χ1n) is 9.05. The van der Waals surface area contributed by atoms with Crippen molar-refractivity contribution in [2.24, 2.45) is 7.05 Å². The minimum atomic E-state index is -0.00179. The third-order valence-corrected chi connectivity index (χ3v) is 4.92. The zero-order valence-corrected chi connectivity index (χ0v) is 15.2. The summed E-state index contributed by atoms with van der Waals surface area (Å²) in [6.07, 6.45) is 5.60. The lowest BCUT2D eigenvalue weighted by atomic mass is 10.1. The van der Waals surface area contributed by atoms with E-state index in [4.69, 9.17) is 4.74 Å². The quantitative estimate of drug-likeness (QED) is 0.759. The van der Waals surface area contributed by atoms with Crippen LogP contribution in [-0.4, -0.2) is 56.8 Å². The van der Waals surface area contributed by atoms with Gasteiger partial charge in [-0.3, -0.25) is 9.88 Å². The number of aromatic nitrogens is 4. The smallest absolute Gasteiger partial charge is 0.145 e. The Balaban J connectivity index is 1.53. The molecule has 0 amide bonds. The van der Waals surface area contributed by atoms with Crippen molar-refractivity contribution in [2.45, 2.75) is 19.1 Å². The third-order valence-electron chi connectivity index (χ3n) is 4.92. The van der Waals surface area contributed by atoms with Crippen LogP contribution in [0.4, 0.5) is 5.82 Å². The molecule has 0 spiro atoms. The Bertz CT molecular complexity index is 879. The summed E-state index contributed by atoms with van der Waals surface area (Å²) in [5.74, 6) is 1.79. The number of fused-ring (bicyclic) bond motifs is 1. The van der Waals surface area contributed by atoms with Gasteiger partial charge in [-0.25, -0.2) is 9.97 Å². The molecule has 7 nitrogen and oxygen atoms in total. The molecule has 1 saturated heterocycles. The van der Waals surface area contributed by atoms with Crippen molar-refractivity contribution in [1.82, 2.24) is 24.4 Å². The summed E-state index contributed by atoms with van der Waals surface area (Å²) in [5.41, 5.74) is 1.79. The van der Waals surface area contributed by atoms with Gasteiger partial charge in [0.1, 0.15) is 11.6 Å². The second-order valence-corrected chi connectivity index (χ2v) is 6.50. The van der Waals surface area contributed by atoms with Crippen LogP contribution in [-0.2, 0) is 11.8 Å². The highest BCUT2D eigenvalue weighted by Crippen LogP contribution is 2.28. The molecule has 26 heavy (non-hydrogen) atoms. The molecular formula is C19H24N6O. The predicted octanol–water partition coefficient (Wildman–Crippen LogP) is 2.24. The number of nitrogens with zero attached hydrogens (tertiary/aromatic N) is 5. The number of likely N-dealkylation sites (N-methyl/N-ethyl adjacent to an activating group) is 1. The maximum absolute atomic E-state index is 6.10. The highest BCUT2D eigenvalue weighted by molar-refractivity contribution is 5.75. The number of morpholine rings is 1. The number of nitrogens with one attached hydrogen (secondary N) is 1. The Morgan fingerprint density at radius 2 is 2.08 bits per heavy atom. The fourth-order valence-electron chi connectivity index (χ4n) is 3.55. The van der Waals surface area contributed by atoms with E-state index in [1.54, 1.807) is 6.20 Å². The first-order valence-corrected chi connectivity index (χ1v) is 9.05. The minimum Gasteiger partial charge on any atom is -0.373 e. The molecule has 136 valence electrons. The predicted molar refractivity (Wildman–Crippen MR) is 101 cm³/mol. The van der Waals surface area contributed by atoms with Crippen LogP contribution >= 0.6 is 0 Å². The average Bonchev–Trinajstić information content (AvgIpc) is 3.11. The summed E-state index contributed by atoms with van der Waals surface area (Å²) in [6.45, 7) is 5.44. The number of aryl methyl sites for hydroxylation is 1. The van der Waals surface area contributed by atoms with E-state index in [2.05, 4.69) is 36.7 Å². The Kier molecular flexibility index (Phi) is 4.81. The molecule has 1 fully saturated rings. The zero-order chi connectivity index (χ0) is 17.9. The van der Waals surface area contributed by atoms with Gasteiger partial charge in [-0.1, -0.05) is 19.1 Å². The number of hydrogen-bond acceptors (Lipinski definition) is 6. The van der Waals surface area contributed by atoms with Crippen LogP contribution in [0.1, 0.15) is 18.8 Å². The Morgan fingerprint density at radius 3 is 2.85 bits per heavy atom. The minimum absolute atomic E-state index is 0.00179. The van der Waals surface area contributed by atoms with Crippen molar-refractivity contribution in [1.29, 1.82) is 0 Å². The number of hydrogen-bond donors (Lipinski definition) is 1. The molecule has 1 N–H and O–H groups in total. The maximum atomic E-state index is 6.10. The number of para-hydroxylation sites is 2. The van der Waals surface area contributed by atoms with Gasteiger partial charge in [-0.15, -0.1) is 0 Å². The van der Waals surface area contributed by atoms with Crippen LogP contribution < -0.4 is 5.32 Å². The average molecular weight is 352 g/mol. The normalized spacial score (nSPS) is 21.2. The molecule has 0 bridgehead atoms. The van der Waals surface area contributed by atoms with Crippen LogP contribution in [0.2, 0.25) is 0 Å². The lowest BCUT2D eigenvalue weighted by molar-refractivity contribution is -0.0675. The molecular weight excluding hydrogens is 328 g/mol. The largest absolute Gasteiger partial charge is 0.373 e. The summed E-state index contributed by atoms with van der Waals surface area (Å²) in [6, 6.07) is 8.00. The van der Waals surface area contributed by atoms with Crippen LogP contribution in [0.5, 0.6) is 0 Å². The van der Waals surface area contributed by atoms with Crippen molar-refractivity contribution < 1.29 is 4.74 Å². The fourth-order valence-corrected chi connectivity index (χ4v) is 3.55. The highest BCUT2D eigenvalue weighted by atomic mass is 16.5. The molecule has 1 aliphatic rings. The molecule has 4 rings (SSSR count). The summed E-state index contributed by atoms with van der Waals surface area (Å²) in [5, 5.41) is 3.40. The van der Waals surface area contributed by atoms with Crippen molar-refractivity contribution in [3.63, 3.8) is 0 Å². The van der Waals surface area contributed by atoms with Gasteiger partial charge in [0, 0.05) is 32.5 Å². The van der Waals surface area contributed by atoms with Crippen LogP contribution in [0.25, 0.3) is 11.0 Å². The summed E-state index contributed by atoms with van der Waals surface area (Å²) >= 11 is 0. The van der Waals surface area contributed by atoms with Gasteiger partial charge in [-0.2, -0.15) is 0 Å². The van der Waals surface area contributed by atoms with Gasteiger partial charge in [0.05, 0.1) is 36.0 Å². The van der Waals surface area contributed by atoms with E-state index >= 15 is 0 Å². The van der Waals surface area contributed by atoms with Gasteiger partial charge in [0.25, 0.3) is 0 Å². The second-order valence-electron chi connectivity index (χ2n) is 6.50. The zero-order valence-electron chi connectivity index (χ0n) is 15.2. The van der Waals surface area contributed by atoms with Crippen LogP contribution in [0, 0.1) is 0 Å². The lowest BCUT2D eigenvalue weighted by Gasteiger charge is -2.40. The van der Waals surface area contributed by atoms with Gasteiger partial charge < -0.3 is 14.6 Å². The lowest BCUT2D eigenvalue weighted by Crippen LogP contribution is -2.48. The summed E-state index contributed by atoms with van der Waals surface area (Å²) in [7, 11) is 2.03. The summed E-state index contributed by atoms with van der Waals surface area (Å²) in [4.78, 5) is 16.1. The Morgan fingerprint density at radius 1 is 1.23 bits per heavy atom. The molecule has 0 aliphatic carbocycles. The van der Waals surface area contributed by atoms with E-state index in [9.17, 15) is 0 Å². The molecule has 2 aromatic heterocycles. The second kappa shape index (κ2) is 7.39. The molecule has 1 aliphatic heterocycles. The van der Waals surface area contributed by atoms with Gasteiger partial charge >= 0.3 is 0 Å². The SMILES string of the molecule is CCN1CCO[C@@H](CNc2cnc3ccccc3n2)[C@@H]1c1nccn1C. The Labute approximate surface area is 153 Å². The van der Waals surface area contributed by atoms with E-state index in [0.717, 1.165) is 42.4 Å². The van der Waals surface area contributed by atoms with Crippen molar-refractivity contribution in [3.05, 3.63) is 48.7 Å². The molecule has 2 atom stereocenters. The summed E-state index contributed by atoms with van der Waals surface area (Å²) < 4.78 is 8.18.